The zero-order valence-corrected chi connectivity index (χ0v) is 16.5. The van der Waals surface area contributed by atoms with Crippen LogP contribution in [0.4, 0.5) is 10.5 Å². The molecule has 0 bridgehead atoms. The summed E-state index contributed by atoms with van der Waals surface area (Å²) in [7, 11) is 0. The number of aryl methyl sites for hydroxylation is 1. The Kier molecular flexibility index (Phi) is 5.85. The zero-order valence-electron chi connectivity index (χ0n) is 15.7. The first-order valence-electron chi connectivity index (χ1n) is 9.35. The number of ether oxygens (including phenoxy) is 1. The van der Waals surface area contributed by atoms with Gasteiger partial charge in [0.15, 0.2) is 0 Å². The molecule has 1 saturated heterocycles. The van der Waals surface area contributed by atoms with Crippen LogP contribution in [-0.2, 0) is 22.5 Å². The number of benzene rings is 1. The summed E-state index contributed by atoms with van der Waals surface area (Å²) in [5.41, 5.74) is 1.70. The maximum atomic E-state index is 12.1. The SMILES string of the molecule is O=C(CCCc1nc(-c2cccs2)no1)NCc1cccc(N2CCOC2=O)c1. The molecule has 3 aromatic rings. The van der Waals surface area contributed by atoms with Gasteiger partial charge in [-0.3, -0.25) is 9.69 Å². The molecule has 1 N–H and O–H groups in total. The highest BCUT2D eigenvalue weighted by Gasteiger charge is 2.23. The van der Waals surface area contributed by atoms with Gasteiger partial charge < -0.3 is 14.6 Å². The third-order valence-corrected chi connectivity index (χ3v) is 5.34. The van der Waals surface area contributed by atoms with Gasteiger partial charge in [0.25, 0.3) is 0 Å². The summed E-state index contributed by atoms with van der Waals surface area (Å²) < 4.78 is 10.2. The van der Waals surface area contributed by atoms with Gasteiger partial charge in [0.1, 0.15) is 6.61 Å². The van der Waals surface area contributed by atoms with Crippen molar-refractivity contribution in [1.29, 1.82) is 0 Å². The van der Waals surface area contributed by atoms with Crippen molar-refractivity contribution in [3.8, 4) is 10.7 Å². The van der Waals surface area contributed by atoms with Crippen LogP contribution in [0.3, 0.4) is 0 Å². The van der Waals surface area contributed by atoms with Gasteiger partial charge in [-0.1, -0.05) is 23.4 Å². The van der Waals surface area contributed by atoms with E-state index in [9.17, 15) is 9.59 Å². The molecule has 9 heteroatoms. The number of amides is 2. The topological polar surface area (TPSA) is 97.6 Å². The minimum absolute atomic E-state index is 0.0472. The molecule has 8 nitrogen and oxygen atoms in total. The Hall–Kier alpha value is -3.20. The van der Waals surface area contributed by atoms with Gasteiger partial charge in [-0.05, 0) is 35.6 Å². The Bertz CT molecular complexity index is 986. The van der Waals surface area contributed by atoms with Crippen molar-refractivity contribution in [1.82, 2.24) is 15.5 Å². The van der Waals surface area contributed by atoms with Crippen molar-refractivity contribution in [2.24, 2.45) is 0 Å². The lowest BCUT2D eigenvalue weighted by atomic mass is 10.1. The number of nitrogens with zero attached hydrogens (tertiary/aromatic N) is 3. The molecule has 1 aliphatic rings. The zero-order chi connectivity index (χ0) is 20.1. The molecule has 2 amide bonds. The molecule has 1 aliphatic heterocycles. The molecule has 0 unspecified atom stereocenters. The number of anilines is 1. The van der Waals surface area contributed by atoms with Crippen LogP contribution in [0.2, 0.25) is 0 Å². The minimum Gasteiger partial charge on any atom is -0.447 e. The summed E-state index contributed by atoms with van der Waals surface area (Å²) in [4.78, 5) is 30.7. The van der Waals surface area contributed by atoms with Crippen molar-refractivity contribution in [2.45, 2.75) is 25.8 Å². The summed E-state index contributed by atoms with van der Waals surface area (Å²) in [6, 6.07) is 11.4. The van der Waals surface area contributed by atoms with E-state index in [1.807, 2.05) is 41.8 Å². The summed E-state index contributed by atoms with van der Waals surface area (Å²) in [5, 5.41) is 8.83. The molecule has 3 heterocycles. The fourth-order valence-electron chi connectivity index (χ4n) is 3.01. The van der Waals surface area contributed by atoms with E-state index in [-0.39, 0.29) is 12.0 Å². The van der Waals surface area contributed by atoms with Gasteiger partial charge in [-0.25, -0.2) is 4.79 Å². The van der Waals surface area contributed by atoms with E-state index >= 15 is 0 Å². The predicted molar refractivity (Wildman–Crippen MR) is 108 cm³/mol. The summed E-state index contributed by atoms with van der Waals surface area (Å²) in [6.07, 6.45) is 1.21. The summed E-state index contributed by atoms with van der Waals surface area (Å²) in [5.74, 6) is 1.07. The molecule has 150 valence electrons. The van der Waals surface area contributed by atoms with Crippen LogP contribution in [0, 0.1) is 0 Å². The average Bonchev–Trinajstić information content (AvgIpc) is 3.48. The van der Waals surface area contributed by atoms with E-state index < -0.39 is 0 Å². The Morgan fingerprint density at radius 2 is 2.21 bits per heavy atom. The fourth-order valence-corrected chi connectivity index (χ4v) is 3.66. The molecule has 1 fully saturated rings. The van der Waals surface area contributed by atoms with Crippen LogP contribution < -0.4 is 10.2 Å². The highest BCUT2D eigenvalue weighted by atomic mass is 32.1. The van der Waals surface area contributed by atoms with Crippen molar-refractivity contribution < 1.29 is 18.8 Å². The summed E-state index contributed by atoms with van der Waals surface area (Å²) >= 11 is 1.55. The Balaban J connectivity index is 1.22. The van der Waals surface area contributed by atoms with Crippen LogP contribution in [0.25, 0.3) is 10.7 Å². The van der Waals surface area contributed by atoms with Crippen molar-refractivity contribution in [3.05, 3.63) is 53.2 Å². The molecule has 0 atom stereocenters. The maximum Gasteiger partial charge on any atom is 0.414 e. The molecule has 0 radical (unpaired) electrons. The number of carbonyl (C=O) groups is 2. The largest absolute Gasteiger partial charge is 0.447 e. The van der Waals surface area contributed by atoms with Crippen LogP contribution in [0.1, 0.15) is 24.3 Å². The van der Waals surface area contributed by atoms with E-state index in [1.54, 1.807) is 16.2 Å². The second-order valence-electron chi connectivity index (χ2n) is 6.56. The lowest BCUT2D eigenvalue weighted by Gasteiger charge is -2.14. The first-order valence-corrected chi connectivity index (χ1v) is 10.2. The molecule has 2 aromatic heterocycles. The van der Waals surface area contributed by atoms with Gasteiger partial charge >= 0.3 is 6.09 Å². The van der Waals surface area contributed by atoms with Gasteiger partial charge in [0.2, 0.25) is 17.6 Å². The first kappa shape index (κ1) is 19.1. The molecule has 0 saturated carbocycles. The van der Waals surface area contributed by atoms with Gasteiger partial charge in [0.05, 0.1) is 11.4 Å². The number of thiophene rings is 1. The molecule has 0 aliphatic carbocycles. The highest BCUT2D eigenvalue weighted by molar-refractivity contribution is 7.13. The fraction of sp³-hybridized carbons (Fsp3) is 0.300. The molecular formula is C20H20N4O4S. The quantitative estimate of drug-likeness (QED) is 0.609. The number of aromatic nitrogens is 2. The molecule has 0 spiro atoms. The van der Waals surface area contributed by atoms with Crippen LogP contribution >= 0.6 is 11.3 Å². The number of carbonyl (C=O) groups excluding carboxylic acids is 2. The van der Waals surface area contributed by atoms with E-state index in [0.717, 1.165) is 16.1 Å². The van der Waals surface area contributed by atoms with Crippen molar-refractivity contribution in [2.75, 3.05) is 18.1 Å². The van der Waals surface area contributed by atoms with E-state index in [2.05, 4.69) is 15.5 Å². The number of rotatable bonds is 8. The monoisotopic (exact) mass is 412 g/mol. The second-order valence-corrected chi connectivity index (χ2v) is 7.50. The Morgan fingerprint density at radius 1 is 1.28 bits per heavy atom. The lowest BCUT2D eigenvalue weighted by molar-refractivity contribution is -0.121. The Morgan fingerprint density at radius 3 is 3.00 bits per heavy atom. The second kappa shape index (κ2) is 8.87. The number of cyclic esters (lactones) is 1. The number of nitrogens with one attached hydrogen (secondary N) is 1. The van der Waals surface area contributed by atoms with Crippen LogP contribution in [-0.4, -0.2) is 35.3 Å². The summed E-state index contributed by atoms with van der Waals surface area (Å²) in [6.45, 7) is 1.34. The third kappa shape index (κ3) is 4.80. The molecule has 29 heavy (non-hydrogen) atoms. The standard InChI is InChI=1S/C20H20N4O4S/c25-17(7-2-8-18-22-19(23-28-18)16-6-3-11-29-16)21-13-14-4-1-5-15(12-14)24-9-10-27-20(24)26/h1,3-6,11-12H,2,7-10,13H2,(H,21,25). The molecule has 4 rings (SSSR count). The predicted octanol–water partition coefficient (Wildman–Crippen LogP) is 3.39. The van der Waals surface area contributed by atoms with Crippen molar-refractivity contribution >= 4 is 29.0 Å². The van der Waals surface area contributed by atoms with Crippen LogP contribution in [0.15, 0.2) is 46.3 Å². The third-order valence-electron chi connectivity index (χ3n) is 4.48. The van der Waals surface area contributed by atoms with Crippen molar-refractivity contribution in [3.63, 3.8) is 0 Å². The Labute approximate surface area is 171 Å². The maximum absolute atomic E-state index is 12.1. The van der Waals surface area contributed by atoms with Crippen LogP contribution in [0.5, 0.6) is 0 Å². The van der Waals surface area contributed by atoms with E-state index in [1.165, 1.54) is 0 Å². The molecular weight excluding hydrogens is 392 g/mol. The normalized spacial score (nSPS) is 13.5. The van der Waals surface area contributed by atoms with Gasteiger partial charge in [-0.2, -0.15) is 4.98 Å². The average molecular weight is 412 g/mol. The lowest BCUT2D eigenvalue weighted by Crippen LogP contribution is -2.24. The number of hydrogen-bond acceptors (Lipinski definition) is 7. The van der Waals surface area contributed by atoms with Gasteiger partial charge in [-0.15, -0.1) is 11.3 Å². The first-order chi connectivity index (χ1) is 14.2. The smallest absolute Gasteiger partial charge is 0.414 e. The molecule has 1 aromatic carbocycles. The number of hydrogen-bond donors (Lipinski definition) is 1. The highest BCUT2D eigenvalue weighted by Crippen LogP contribution is 2.22. The van der Waals surface area contributed by atoms with E-state index in [0.29, 0.717) is 50.7 Å². The van der Waals surface area contributed by atoms with E-state index in [4.69, 9.17) is 9.26 Å². The van der Waals surface area contributed by atoms with Gasteiger partial charge in [0, 0.05) is 25.1 Å². The minimum atomic E-state index is -0.338.